The van der Waals surface area contributed by atoms with Crippen molar-refractivity contribution < 1.29 is 9.66 Å². The second-order valence-electron chi connectivity index (χ2n) is 4.38. The van der Waals surface area contributed by atoms with Crippen molar-refractivity contribution >= 4 is 32.5 Å². The molecule has 0 aliphatic carbocycles. The van der Waals surface area contributed by atoms with Crippen LogP contribution < -0.4 is 10.1 Å². The van der Waals surface area contributed by atoms with Crippen LogP contribution >= 0.6 is 15.9 Å². The van der Waals surface area contributed by atoms with Crippen molar-refractivity contribution in [3.05, 3.63) is 39.0 Å². The van der Waals surface area contributed by atoms with E-state index >= 15 is 0 Å². The van der Waals surface area contributed by atoms with Crippen LogP contribution in [0.2, 0.25) is 0 Å². The van der Waals surface area contributed by atoms with E-state index in [1.54, 1.807) is 19.2 Å². The van der Waals surface area contributed by atoms with Crippen LogP contribution in [0.15, 0.2) is 28.9 Å². The summed E-state index contributed by atoms with van der Waals surface area (Å²) in [5.41, 5.74) is 0.531. The van der Waals surface area contributed by atoms with E-state index in [-0.39, 0.29) is 17.5 Å². The van der Waals surface area contributed by atoms with Gasteiger partial charge in [-0.1, -0.05) is 15.9 Å². The summed E-state index contributed by atoms with van der Waals surface area (Å²) in [5, 5.41) is 14.7. The van der Waals surface area contributed by atoms with Crippen molar-refractivity contribution in [2.24, 2.45) is 0 Å². The summed E-state index contributed by atoms with van der Waals surface area (Å²) in [5.74, 6) is 0.254. The van der Waals surface area contributed by atoms with Gasteiger partial charge in [-0.15, -0.1) is 0 Å². The van der Waals surface area contributed by atoms with E-state index in [1.807, 2.05) is 13.0 Å². The predicted octanol–water partition coefficient (Wildman–Crippen LogP) is 2.89. The number of fused-ring (bicyclic) bond motifs is 1. The fraction of sp³-hybridized carbons (Fsp3) is 0.308. The second-order valence-corrected chi connectivity index (χ2v) is 5.29. The van der Waals surface area contributed by atoms with Gasteiger partial charge in [0.15, 0.2) is 0 Å². The molecule has 6 nitrogen and oxygen atoms in total. The number of hydrogen-bond donors (Lipinski definition) is 1. The van der Waals surface area contributed by atoms with Gasteiger partial charge in [-0.25, -0.2) is 4.98 Å². The molecule has 2 rings (SSSR count). The molecule has 2 aromatic rings. The summed E-state index contributed by atoms with van der Waals surface area (Å²) in [6.45, 7) is 2.44. The first-order chi connectivity index (χ1) is 9.52. The third-order valence-corrected chi connectivity index (χ3v) is 3.26. The van der Waals surface area contributed by atoms with E-state index in [4.69, 9.17) is 4.74 Å². The number of aromatic nitrogens is 1. The molecule has 0 amide bonds. The highest BCUT2D eigenvalue weighted by atomic mass is 79.9. The van der Waals surface area contributed by atoms with Gasteiger partial charge >= 0.3 is 5.69 Å². The minimum atomic E-state index is -0.477. The molecular formula is C13H14BrN3O3. The molecule has 0 bridgehead atoms. The zero-order valence-electron chi connectivity index (χ0n) is 11.1. The van der Waals surface area contributed by atoms with Gasteiger partial charge in [0.1, 0.15) is 12.3 Å². The minimum Gasteiger partial charge on any atom is -0.482 e. The molecule has 0 aliphatic rings. The number of halogens is 1. The molecule has 0 fully saturated rings. The Labute approximate surface area is 124 Å². The van der Waals surface area contributed by atoms with E-state index in [0.717, 1.165) is 4.47 Å². The van der Waals surface area contributed by atoms with Gasteiger partial charge in [-0.3, -0.25) is 10.1 Å². The lowest BCUT2D eigenvalue weighted by Gasteiger charge is -2.15. The number of nitrogens with one attached hydrogen (secondary N) is 1. The highest BCUT2D eigenvalue weighted by Crippen LogP contribution is 2.35. The van der Waals surface area contributed by atoms with Gasteiger partial charge in [0.05, 0.1) is 15.8 Å². The lowest BCUT2D eigenvalue weighted by molar-refractivity contribution is -0.386. The smallest absolute Gasteiger partial charge is 0.329 e. The number of nitrogens with zero attached hydrogens (tertiary/aromatic N) is 2. The summed E-state index contributed by atoms with van der Waals surface area (Å²) in [6.07, 6.45) is 1.04. The fourth-order valence-electron chi connectivity index (χ4n) is 1.91. The highest BCUT2D eigenvalue weighted by Gasteiger charge is 2.21. The van der Waals surface area contributed by atoms with E-state index in [1.165, 1.54) is 6.20 Å². The van der Waals surface area contributed by atoms with Crippen LogP contribution in [0.1, 0.15) is 6.92 Å². The first-order valence-electron chi connectivity index (χ1n) is 6.07. The number of benzene rings is 1. The summed E-state index contributed by atoms with van der Waals surface area (Å²) in [6, 6.07) is 5.40. The van der Waals surface area contributed by atoms with Gasteiger partial charge in [0.25, 0.3) is 0 Å². The predicted molar refractivity (Wildman–Crippen MR) is 80.1 cm³/mol. The normalized spacial score (nSPS) is 12.3. The van der Waals surface area contributed by atoms with Crippen molar-refractivity contribution in [1.82, 2.24) is 10.3 Å². The number of nitro groups is 1. The molecule has 106 valence electrons. The van der Waals surface area contributed by atoms with E-state index in [9.17, 15) is 10.1 Å². The molecule has 0 radical (unpaired) electrons. The first kappa shape index (κ1) is 14.7. The summed E-state index contributed by atoms with van der Waals surface area (Å²) < 4.78 is 6.57. The van der Waals surface area contributed by atoms with Crippen molar-refractivity contribution in [2.75, 3.05) is 13.6 Å². The average molecular weight is 340 g/mol. The molecule has 1 atom stereocenters. The second kappa shape index (κ2) is 6.15. The summed E-state index contributed by atoms with van der Waals surface area (Å²) in [7, 11) is 1.80. The van der Waals surface area contributed by atoms with Crippen LogP contribution in [0.3, 0.4) is 0 Å². The molecule has 0 saturated carbocycles. The van der Waals surface area contributed by atoms with E-state index in [0.29, 0.717) is 17.4 Å². The molecule has 1 heterocycles. The van der Waals surface area contributed by atoms with E-state index < -0.39 is 4.92 Å². The van der Waals surface area contributed by atoms with Crippen molar-refractivity contribution in [3.8, 4) is 5.75 Å². The molecule has 0 aliphatic heterocycles. The van der Waals surface area contributed by atoms with Gasteiger partial charge in [0.2, 0.25) is 5.75 Å². The largest absolute Gasteiger partial charge is 0.482 e. The third-order valence-electron chi connectivity index (χ3n) is 2.77. The van der Waals surface area contributed by atoms with Gasteiger partial charge in [-0.05, 0) is 32.2 Å². The summed E-state index contributed by atoms with van der Waals surface area (Å²) in [4.78, 5) is 14.8. The number of rotatable bonds is 5. The van der Waals surface area contributed by atoms with Crippen LogP contribution in [0.25, 0.3) is 10.9 Å². The maximum Gasteiger partial charge on any atom is 0.329 e. The highest BCUT2D eigenvalue weighted by molar-refractivity contribution is 9.10. The van der Waals surface area contributed by atoms with Crippen LogP contribution in [0.4, 0.5) is 5.69 Å². The Hall–Kier alpha value is -1.73. The SMILES string of the molecule is CNCC(C)Oc1c([N+](=O)[O-])cnc2ccc(Br)cc12. The van der Waals surface area contributed by atoms with Gasteiger partial charge in [-0.2, -0.15) is 0 Å². The van der Waals surface area contributed by atoms with Crippen molar-refractivity contribution in [1.29, 1.82) is 0 Å². The molecule has 1 unspecified atom stereocenters. The van der Waals surface area contributed by atoms with Crippen LogP contribution in [-0.4, -0.2) is 29.6 Å². The lowest BCUT2D eigenvalue weighted by Crippen LogP contribution is -2.26. The van der Waals surface area contributed by atoms with Crippen molar-refractivity contribution in [2.45, 2.75) is 13.0 Å². The van der Waals surface area contributed by atoms with Crippen molar-refractivity contribution in [3.63, 3.8) is 0 Å². The first-order valence-corrected chi connectivity index (χ1v) is 6.86. The Morgan fingerprint density at radius 1 is 1.55 bits per heavy atom. The van der Waals surface area contributed by atoms with Gasteiger partial charge in [0, 0.05) is 11.0 Å². The molecular weight excluding hydrogens is 326 g/mol. The Bertz CT molecular complexity index is 648. The number of pyridine rings is 1. The quantitative estimate of drug-likeness (QED) is 0.669. The molecule has 20 heavy (non-hydrogen) atoms. The molecule has 1 aromatic heterocycles. The van der Waals surface area contributed by atoms with Gasteiger partial charge < -0.3 is 10.1 Å². The van der Waals surface area contributed by atoms with E-state index in [2.05, 4.69) is 26.2 Å². The Morgan fingerprint density at radius 3 is 2.95 bits per heavy atom. The average Bonchev–Trinajstić information content (AvgIpc) is 2.39. The van der Waals surface area contributed by atoms with Crippen LogP contribution in [0, 0.1) is 10.1 Å². The molecule has 0 spiro atoms. The minimum absolute atomic E-state index is 0.126. The zero-order chi connectivity index (χ0) is 14.7. The maximum absolute atomic E-state index is 11.1. The van der Waals surface area contributed by atoms with Crippen LogP contribution in [-0.2, 0) is 0 Å². The standard InChI is InChI=1S/C13H14BrN3O3/c1-8(6-15-2)20-13-10-5-9(14)3-4-11(10)16-7-12(13)17(18)19/h3-5,7-8,15H,6H2,1-2H3. The lowest BCUT2D eigenvalue weighted by atomic mass is 10.2. The summed E-state index contributed by atoms with van der Waals surface area (Å²) >= 11 is 3.36. The Morgan fingerprint density at radius 2 is 2.30 bits per heavy atom. The topological polar surface area (TPSA) is 77.3 Å². The zero-order valence-corrected chi connectivity index (χ0v) is 12.7. The molecule has 1 aromatic carbocycles. The molecule has 7 heteroatoms. The number of ether oxygens (including phenoxy) is 1. The molecule has 0 saturated heterocycles. The molecule has 1 N–H and O–H groups in total. The number of hydrogen-bond acceptors (Lipinski definition) is 5. The Kier molecular flexibility index (Phi) is 4.51. The third kappa shape index (κ3) is 3.05. The van der Waals surface area contributed by atoms with Crippen LogP contribution in [0.5, 0.6) is 5.75 Å². The monoisotopic (exact) mass is 339 g/mol. The fourth-order valence-corrected chi connectivity index (χ4v) is 2.28. The maximum atomic E-state index is 11.1. The Balaban J connectivity index is 2.58. The number of likely N-dealkylation sites (N-methyl/N-ethyl adjacent to an activating group) is 1.